The highest BCUT2D eigenvalue weighted by atomic mass is 16.6. The summed E-state index contributed by atoms with van der Waals surface area (Å²) >= 11 is 0. The molecule has 5 nitrogen and oxygen atoms in total. The standard InChI is InChI=1S/C17H35N3O2/c1-6-20(14-10-8-7-9-11-14)15(12-18)13(2)19-16(21)22-17(3,4)5/h13-15H,6-12,18H2,1-5H3,(H,19,21). The molecule has 22 heavy (non-hydrogen) atoms. The maximum Gasteiger partial charge on any atom is 0.407 e. The molecule has 0 saturated heterocycles. The molecule has 1 aliphatic rings. The Morgan fingerprint density at radius 3 is 2.36 bits per heavy atom. The molecule has 1 aliphatic carbocycles. The molecule has 0 heterocycles. The minimum Gasteiger partial charge on any atom is -0.444 e. The molecule has 0 aromatic carbocycles. The van der Waals surface area contributed by atoms with E-state index in [0.29, 0.717) is 12.6 Å². The predicted molar refractivity (Wildman–Crippen MR) is 90.9 cm³/mol. The van der Waals surface area contributed by atoms with Crippen LogP contribution in [0.3, 0.4) is 0 Å². The lowest BCUT2D eigenvalue weighted by Crippen LogP contribution is -2.57. The Balaban J connectivity index is 2.64. The first-order valence-corrected chi connectivity index (χ1v) is 8.73. The number of likely N-dealkylation sites (N-methyl/N-ethyl adjacent to an activating group) is 1. The van der Waals surface area contributed by atoms with Gasteiger partial charge in [0.15, 0.2) is 0 Å². The number of carbonyl (C=O) groups is 1. The fourth-order valence-corrected chi connectivity index (χ4v) is 3.39. The zero-order chi connectivity index (χ0) is 16.8. The molecule has 1 fully saturated rings. The Labute approximate surface area is 135 Å². The molecule has 0 aromatic heterocycles. The molecule has 0 radical (unpaired) electrons. The van der Waals surface area contributed by atoms with E-state index in [0.717, 1.165) is 6.54 Å². The van der Waals surface area contributed by atoms with Crippen LogP contribution in [0.25, 0.3) is 0 Å². The van der Waals surface area contributed by atoms with Crippen LogP contribution in [0.1, 0.15) is 66.7 Å². The van der Waals surface area contributed by atoms with Crippen molar-refractivity contribution in [1.82, 2.24) is 10.2 Å². The molecule has 130 valence electrons. The van der Waals surface area contributed by atoms with Crippen LogP contribution in [-0.4, -0.2) is 47.8 Å². The SMILES string of the molecule is CCN(C1CCCCC1)C(CN)C(C)NC(=O)OC(C)(C)C. The van der Waals surface area contributed by atoms with Gasteiger partial charge in [-0.1, -0.05) is 26.2 Å². The van der Waals surface area contributed by atoms with Gasteiger partial charge in [0.25, 0.3) is 0 Å². The van der Waals surface area contributed by atoms with Crippen molar-refractivity contribution in [3.05, 3.63) is 0 Å². The first-order chi connectivity index (χ1) is 10.3. The number of ether oxygens (including phenoxy) is 1. The van der Waals surface area contributed by atoms with Crippen LogP contribution in [0.2, 0.25) is 0 Å². The highest BCUT2D eigenvalue weighted by Gasteiger charge is 2.30. The van der Waals surface area contributed by atoms with Gasteiger partial charge in [0.1, 0.15) is 5.60 Å². The van der Waals surface area contributed by atoms with E-state index in [2.05, 4.69) is 17.1 Å². The highest BCUT2D eigenvalue weighted by molar-refractivity contribution is 5.68. The fraction of sp³-hybridized carbons (Fsp3) is 0.941. The van der Waals surface area contributed by atoms with Crippen molar-refractivity contribution in [1.29, 1.82) is 0 Å². The second-order valence-electron chi connectivity index (χ2n) is 7.36. The number of nitrogens with zero attached hydrogens (tertiary/aromatic N) is 1. The predicted octanol–water partition coefficient (Wildman–Crippen LogP) is 2.88. The van der Waals surface area contributed by atoms with Crippen molar-refractivity contribution in [3.63, 3.8) is 0 Å². The average Bonchev–Trinajstić information content (AvgIpc) is 2.43. The molecular formula is C17H35N3O2. The number of nitrogens with one attached hydrogen (secondary N) is 1. The largest absolute Gasteiger partial charge is 0.444 e. The molecule has 0 aliphatic heterocycles. The van der Waals surface area contributed by atoms with Crippen LogP contribution >= 0.6 is 0 Å². The first kappa shape index (κ1) is 19.2. The second kappa shape index (κ2) is 8.73. The zero-order valence-electron chi connectivity index (χ0n) is 15.0. The summed E-state index contributed by atoms with van der Waals surface area (Å²) in [5.74, 6) is 0. The number of nitrogens with two attached hydrogens (primary N) is 1. The van der Waals surface area contributed by atoms with Gasteiger partial charge in [-0.15, -0.1) is 0 Å². The van der Waals surface area contributed by atoms with Crippen molar-refractivity contribution in [2.45, 2.75) is 90.4 Å². The third-order valence-electron chi connectivity index (χ3n) is 4.40. The zero-order valence-corrected chi connectivity index (χ0v) is 15.0. The lowest BCUT2D eigenvalue weighted by Gasteiger charge is -2.41. The van der Waals surface area contributed by atoms with Crippen LogP contribution in [-0.2, 0) is 4.74 Å². The molecule has 1 saturated carbocycles. The molecule has 1 rings (SSSR count). The summed E-state index contributed by atoms with van der Waals surface area (Å²) in [4.78, 5) is 14.5. The number of alkyl carbamates (subject to hydrolysis) is 1. The summed E-state index contributed by atoms with van der Waals surface area (Å²) in [5, 5.41) is 2.96. The molecular weight excluding hydrogens is 278 g/mol. The highest BCUT2D eigenvalue weighted by Crippen LogP contribution is 2.24. The Hall–Kier alpha value is -0.810. The van der Waals surface area contributed by atoms with E-state index in [-0.39, 0.29) is 18.2 Å². The lowest BCUT2D eigenvalue weighted by atomic mass is 9.92. The smallest absolute Gasteiger partial charge is 0.407 e. The van der Waals surface area contributed by atoms with E-state index in [1.54, 1.807) is 0 Å². The molecule has 1 amide bonds. The molecule has 2 unspecified atom stereocenters. The topological polar surface area (TPSA) is 67.6 Å². The number of hydrogen-bond donors (Lipinski definition) is 2. The van der Waals surface area contributed by atoms with E-state index in [9.17, 15) is 4.79 Å². The van der Waals surface area contributed by atoms with Gasteiger partial charge in [0.05, 0.1) is 0 Å². The molecule has 0 aromatic rings. The maximum atomic E-state index is 12.0. The summed E-state index contributed by atoms with van der Waals surface area (Å²) in [7, 11) is 0. The third-order valence-corrected chi connectivity index (χ3v) is 4.40. The molecule has 2 atom stereocenters. The molecule has 0 bridgehead atoms. The van der Waals surface area contributed by atoms with E-state index < -0.39 is 5.60 Å². The van der Waals surface area contributed by atoms with Crippen molar-refractivity contribution in [2.75, 3.05) is 13.1 Å². The van der Waals surface area contributed by atoms with Crippen molar-refractivity contribution >= 4 is 6.09 Å². The minimum absolute atomic E-state index is 0.0262. The molecule has 0 spiro atoms. The molecule has 5 heteroatoms. The summed E-state index contributed by atoms with van der Waals surface area (Å²) in [5.41, 5.74) is 5.55. The van der Waals surface area contributed by atoms with Crippen LogP contribution < -0.4 is 11.1 Å². The second-order valence-corrected chi connectivity index (χ2v) is 7.36. The summed E-state index contributed by atoms with van der Waals surface area (Å²) in [6.07, 6.45) is 6.05. The van der Waals surface area contributed by atoms with Gasteiger partial charge in [-0.2, -0.15) is 0 Å². The Morgan fingerprint density at radius 2 is 1.91 bits per heavy atom. The fourth-order valence-electron chi connectivity index (χ4n) is 3.39. The average molecular weight is 313 g/mol. The Kier molecular flexibility index (Phi) is 7.63. The number of carbonyl (C=O) groups excluding carboxylic acids is 1. The summed E-state index contributed by atoms with van der Waals surface area (Å²) < 4.78 is 5.35. The number of amides is 1. The van der Waals surface area contributed by atoms with Crippen molar-refractivity contribution in [3.8, 4) is 0 Å². The Bertz CT molecular complexity index is 335. The Morgan fingerprint density at radius 1 is 1.32 bits per heavy atom. The monoisotopic (exact) mass is 313 g/mol. The van der Waals surface area contributed by atoms with Crippen molar-refractivity contribution < 1.29 is 9.53 Å². The normalized spacial score (nSPS) is 19.8. The minimum atomic E-state index is -0.476. The van der Waals surface area contributed by atoms with Crippen LogP contribution in [0.4, 0.5) is 4.79 Å². The van der Waals surface area contributed by atoms with Gasteiger partial charge >= 0.3 is 6.09 Å². The van der Waals surface area contributed by atoms with Crippen LogP contribution in [0.5, 0.6) is 0 Å². The quantitative estimate of drug-likeness (QED) is 0.791. The van der Waals surface area contributed by atoms with Gasteiger partial charge in [-0.05, 0) is 47.1 Å². The van der Waals surface area contributed by atoms with Gasteiger partial charge in [0, 0.05) is 24.7 Å². The first-order valence-electron chi connectivity index (χ1n) is 8.73. The lowest BCUT2D eigenvalue weighted by molar-refractivity contribution is 0.0430. The van der Waals surface area contributed by atoms with Crippen LogP contribution in [0, 0.1) is 0 Å². The van der Waals surface area contributed by atoms with Crippen LogP contribution in [0.15, 0.2) is 0 Å². The van der Waals surface area contributed by atoms with Gasteiger partial charge in [-0.3, -0.25) is 4.90 Å². The van der Waals surface area contributed by atoms with E-state index in [1.165, 1.54) is 32.1 Å². The van der Waals surface area contributed by atoms with E-state index in [4.69, 9.17) is 10.5 Å². The summed E-state index contributed by atoms with van der Waals surface area (Å²) in [6.45, 7) is 11.3. The van der Waals surface area contributed by atoms with E-state index in [1.807, 2.05) is 27.7 Å². The third kappa shape index (κ3) is 6.13. The van der Waals surface area contributed by atoms with Gasteiger partial charge in [0.2, 0.25) is 0 Å². The van der Waals surface area contributed by atoms with E-state index >= 15 is 0 Å². The summed E-state index contributed by atoms with van der Waals surface area (Å²) in [6, 6.07) is 0.720. The van der Waals surface area contributed by atoms with Crippen molar-refractivity contribution in [2.24, 2.45) is 5.73 Å². The maximum absolute atomic E-state index is 12.0. The van der Waals surface area contributed by atoms with Gasteiger partial charge < -0.3 is 15.8 Å². The van der Waals surface area contributed by atoms with Gasteiger partial charge in [-0.25, -0.2) is 4.79 Å². The number of hydrogen-bond acceptors (Lipinski definition) is 4. The number of rotatable bonds is 6. The molecule has 3 N–H and O–H groups in total.